The highest BCUT2D eigenvalue weighted by molar-refractivity contribution is 5.24. The van der Waals surface area contributed by atoms with Gasteiger partial charge in [-0.3, -0.25) is 4.68 Å². The average Bonchev–Trinajstić information content (AvgIpc) is 2.32. The molecule has 12 heavy (non-hydrogen) atoms. The number of nitrogens with zero attached hydrogens (tertiary/aromatic N) is 2. The third-order valence-electron chi connectivity index (χ3n) is 2.23. The third kappa shape index (κ3) is 1.50. The van der Waals surface area contributed by atoms with Gasteiger partial charge in [0, 0.05) is 12.2 Å². The molecular formula is C9H17N3. The Morgan fingerprint density at radius 3 is 2.50 bits per heavy atom. The molecule has 2 N–H and O–H groups in total. The molecule has 1 aromatic heterocycles. The first-order valence-corrected chi connectivity index (χ1v) is 4.43. The lowest BCUT2D eigenvalue weighted by Crippen LogP contribution is -2.05. The van der Waals surface area contributed by atoms with Crippen molar-refractivity contribution in [3.05, 3.63) is 17.0 Å². The van der Waals surface area contributed by atoms with Crippen LogP contribution in [0.3, 0.4) is 0 Å². The molecule has 0 saturated heterocycles. The normalized spacial score (nSPS) is 10.7. The second-order valence-electron chi connectivity index (χ2n) is 3.00. The summed E-state index contributed by atoms with van der Waals surface area (Å²) >= 11 is 0. The summed E-state index contributed by atoms with van der Waals surface area (Å²) in [5.74, 6) is 0. The van der Waals surface area contributed by atoms with Crippen molar-refractivity contribution in [3.63, 3.8) is 0 Å². The number of nitrogens with two attached hydrogens (primary N) is 1. The number of hydrogen-bond donors (Lipinski definition) is 1. The molecule has 0 fully saturated rings. The van der Waals surface area contributed by atoms with Crippen LogP contribution in [0.1, 0.15) is 23.9 Å². The summed E-state index contributed by atoms with van der Waals surface area (Å²) in [6.45, 7) is 7.90. The highest BCUT2D eigenvalue weighted by Crippen LogP contribution is 2.12. The fourth-order valence-electron chi connectivity index (χ4n) is 1.55. The molecule has 68 valence electrons. The van der Waals surface area contributed by atoms with E-state index in [0.717, 1.165) is 18.7 Å². The first kappa shape index (κ1) is 9.26. The van der Waals surface area contributed by atoms with Crippen molar-refractivity contribution in [1.29, 1.82) is 0 Å². The molecule has 0 atom stereocenters. The van der Waals surface area contributed by atoms with E-state index < -0.39 is 0 Å². The molecule has 1 aromatic rings. The van der Waals surface area contributed by atoms with Crippen LogP contribution >= 0.6 is 0 Å². The van der Waals surface area contributed by atoms with Gasteiger partial charge in [0.15, 0.2) is 0 Å². The Hall–Kier alpha value is -0.830. The van der Waals surface area contributed by atoms with Crippen molar-refractivity contribution in [2.45, 2.75) is 33.7 Å². The van der Waals surface area contributed by atoms with Gasteiger partial charge in [-0.15, -0.1) is 0 Å². The topological polar surface area (TPSA) is 43.8 Å². The predicted molar refractivity (Wildman–Crippen MR) is 50.1 cm³/mol. The van der Waals surface area contributed by atoms with Crippen molar-refractivity contribution < 1.29 is 0 Å². The lowest BCUT2D eigenvalue weighted by molar-refractivity contribution is 0.633. The highest BCUT2D eigenvalue weighted by atomic mass is 15.3. The van der Waals surface area contributed by atoms with Gasteiger partial charge < -0.3 is 5.73 Å². The number of aryl methyl sites for hydroxylation is 2. The van der Waals surface area contributed by atoms with Crippen LogP contribution in [0, 0.1) is 13.8 Å². The Balaban J connectivity index is 3.01. The molecule has 0 amide bonds. The van der Waals surface area contributed by atoms with E-state index in [0.29, 0.717) is 6.54 Å². The highest BCUT2D eigenvalue weighted by Gasteiger charge is 2.08. The molecule has 0 aliphatic heterocycles. The van der Waals surface area contributed by atoms with E-state index in [2.05, 4.69) is 18.9 Å². The SMILES string of the molecule is CCn1nc(C)c(CCN)c1C. The molecule has 0 bridgehead atoms. The Labute approximate surface area is 73.6 Å². The minimum absolute atomic E-state index is 0.705. The van der Waals surface area contributed by atoms with Crippen LogP contribution in [0.5, 0.6) is 0 Å². The Morgan fingerprint density at radius 1 is 1.42 bits per heavy atom. The largest absolute Gasteiger partial charge is 0.330 e. The van der Waals surface area contributed by atoms with Gasteiger partial charge in [-0.1, -0.05) is 0 Å². The summed E-state index contributed by atoms with van der Waals surface area (Å²) in [4.78, 5) is 0. The van der Waals surface area contributed by atoms with Crippen LogP contribution in [-0.2, 0) is 13.0 Å². The van der Waals surface area contributed by atoms with Crippen LogP contribution < -0.4 is 5.73 Å². The minimum Gasteiger partial charge on any atom is -0.330 e. The molecule has 1 heterocycles. The minimum atomic E-state index is 0.705. The summed E-state index contributed by atoms with van der Waals surface area (Å²) < 4.78 is 2.03. The van der Waals surface area contributed by atoms with Crippen molar-refractivity contribution >= 4 is 0 Å². The Kier molecular flexibility index (Phi) is 2.87. The molecule has 0 aliphatic carbocycles. The van der Waals surface area contributed by atoms with Crippen LogP contribution in [-0.4, -0.2) is 16.3 Å². The quantitative estimate of drug-likeness (QED) is 0.730. The van der Waals surface area contributed by atoms with E-state index in [1.165, 1.54) is 11.3 Å². The number of hydrogen-bond acceptors (Lipinski definition) is 2. The van der Waals surface area contributed by atoms with Crippen molar-refractivity contribution in [2.24, 2.45) is 5.73 Å². The smallest absolute Gasteiger partial charge is 0.0628 e. The van der Waals surface area contributed by atoms with Crippen molar-refractivity contribution in [3.8, 4) is 0 Å². The van der Waals surface area contributed by atoms with Gasteiger partial charge in [0.2, 0.25) is 0 Å². The molecular weight excluding hydrogens is 150 g/mol. The van der Waals surface area contributed by atoms with E-state index in [-0.39, 0.29) is 0 Å². The first-order chi connectivity index (χ1) is 5.70. The van der Waals surface area contributed by atoms with E-state index in [1.54, 1.807) is 0 Å². The van der Waals surface area contributed by atoms with Gasteiger partial charge in [-0.05, 0) is 39.3 Å². The van der Waals surface area contributed by atoms with E-state index >= 15 is 0 Å². The summed E-state index contributed by atoms with van der Waals surface area (Å²) in [5.41, 5.74) is 9.22. The van der Waals surface area contributed by atoms with Crippen LogP contribution in [0.2, 0.25) is 0 Å². The molecule has 0 aromatic carbocycles. The van der Waals surface area contributed by atoms with E-state index in [4.69, 9.17) is 5.73 Å². The van der Waals surface area contributed by atoms with Gasteiger partial charge in [-0.25, -0.2) is 0 Å². The number of aromatic nitrogens is 2. The maximum absolute atomic E-state index is 5.51. The summed E-state index contributed by atoms with van der Waals surface area (Å²) in [6.07, 6.45) is 0.942. The van der Waals surface area contributed by atoms with E-state index in [1.807, 2.05) is 11.6 Å². The Morgan fingerprint density at radius 2 is 2.08 bits per heavy atom. The maximum atomic E-state index is 5.51. The molecule has 3 heteroatoms. The standard InChI is InChI=1S/C9H17N3/c1-4-12-8(3)9(5-6-10)7(2)11-12/h4-6,10H2,1-3H3. The Bertz CT molecular complexity index is 263. The summed E-state index contributed by atoms with van der Waals surface area (Å²) in [7, 11) is 0. The summed E-state index contributed by atoms with van der Waals surface area (Å²) in [6, 6.07) is 0. The fourth-order valence-corrected chi connectivity index (χ4v) is 1.55. The van der Waals surface area contributed by atoms with Crippen LogP contribution in [0.25, 0.3) is 0 Å². The molecule has 0 radical (unpaired) electrons. The number of rotatable bonds is 3. The van der Waals surface area contributed by atoms with Gasteiger partial charge in [-0.2, -0.15) is 5.10 Å². The molecule has 3 nitrogen and oxygen atoms in total. The average molecular weight is 167 g/mol. The molecule has 0 unspecified atom stereocenters. The third-order valence-corrected chi connectivity index (χ3v) is 2.23. The van der Waals surface area contributed by atoms with E-state index in [9.17, 15) is 0 Å². The van der Waals surface area contributed by atoms with Gasteiger partial charge >= 0.3 is 0 Å². The predicted octanol–water partition coefficient (Wildman–Crippen LogP) is 1.02. The molecule has 0 aliphatic rings. The molecule has 0 spiro atoms. The van der Waals surface area contributed by atoms with Crippen LogP contribution in [0.4, 0.5) is 0 Å². The first-order valence-electron chi connectivity index (χ1n) is 4.43. The lowest BCUT2D eigenvalue weighted by atomic mass is 10.1. The van der Waals surface area contributed by atoms with Gasteiger partial charge in [0.25, 0.3) is 0 Å². The maximum Gasteiger partial charge on any atom is 0.0628 e. The van der Waals surface area contributed by atoms with Crippen molar-refractivity contribution in [1.82, 2.24) is 9.78 Å². The molecule has 1 rings (SSSR count). The second-order valence-corrected chi connectivity index (χ2v) is 3.00. The zero-order valence-corrected chi connectivity index (χ0v) is 8.09. The molecule has 0 saturated carbocycles. The summed E-state index contributed by atoms with van der Waals surface area (Å²) in [5, 5.41) is 4.41. The fraction of sp³-hybridized carbons (Fsp3) is 0.667. The van der Waals surface area contributed by atoms with Gasteiger partial charge in [0.05, 0.1) is 5.69 Å². The van der Waals surface area contributed by atoms with Gasteiger partial charge in [0.1, 0.15) is 0 Å². The zero-order chi connectivity index (χ0) is 9.14. The zero-order valence-electron chi connectivity index (χ0n) is 8.09. The second kappa shape index (κ2) is 3.72. The van der Waals surface area contributed by atoms with Crippen LogP contribution in [0.15, 0.2) is 0 Å². The van der Waals surface area contributed by atoms with Crippen molar-refractivity contribution in [2.75, 3.05) is 6.54 Å². The lowest BCUT2D eigenvalue weighted by Gasteiger charge is -2.00. The monoisotopic (exact) mass is 167 g/mol.